The maximum absolute atomic E-state index is 11.2. The molecule has 0 N–H and O–H groups in total. The molecular formula is C9H9NO3S. The highest BCUT2D eigenvalue weighted by atomic mass is 32.2. The van der Waals surface area contributed by atoms with Crippen molar-refractivity contribution in [1.82, 2.24) is 0 Å². The molecular weight excluding hydrogens is 202 g/mol. The number of nitro benzene ring substituents is 1. The molecule has 5 heteroatoms. The molecule has 0 fully saturated rings. The van der Waals surface area contributed by atoms with Crippen LogP contribution in [0.25, 0.3) is 0 Å². The normalized spacial score (nSPS) is 9.86. The van der Waals surface area contributed by atoms with Gasteiger partial charge in [0.05, 0.1) is 9.82 Å². The van der Waals surface area contributed by atoms with Gasteiger partial charge >= 0.3 is 0 Å². The van der Waals surface area contributed by atoms with E-state index in [0.717, 1.165) is 0 Å². The maximum atomic E-state index is 11.2. The molecule has 74 valence electrons. The van der Waals surface area contributed by atoms with Crippen LogP contribution in [-0.2, 0) is 0 Å². The number of thioether (sulfide) groups is 1. The maximum Gasteiger partial charge on any atom is 0.283 e. The third-order valence-corrected chi connectivity index (χ3v) is 2.61. The Bertz CT molecular complexity index is 357. The molecule has 0 unspecified atom stereocenters. The van der Waals surface area contributed by atoms with Crippen molar-refractivity contribution in [3.05, 3.63) is 33.9 Å². The van der Waals surface area contributed by atoms with Crippen LogP contribution in [0.2, 0.25) is 0 Å². The minimum atomic E-state index is -0.474. The summed E-state index contributed by atoms with van der Waals surface area (Å²) in [6.07, 6.45) is 1.72. The van der Waals surface area contributed by atoms with Gasteiger partial charge in [-0.05, 0) is 19.2 Å². The lowest BCUT2D eigenvalue weighted by molar-refractivity contribution is -0.387. The van der Waals surface area contributed by atoms with Gasteiger partial charge in [0, 0.05) is 11.6 Å². The van der Waals surface area contributed by atoms with Crippen LogP contribution in [0.1, 0.15) is 17.3 Å². The highest BCUT2D eigenvalue weighted by Crippen LogP contribution is 2.30. The molecule has 1 aromatic carbocycles. The molecule has 0 aliphatic rings. The molecule has 0 aromatic heterocycles. The van der Waals surface area contributed by atoms with E-state index in [4.69, 9.17) is 0 Å². The Hall–Kier alpha value is -1.36. The number of nitro groups is 1. The van der Waals surface area contributed by atoms with Crippen molar-refractivity contribution in [1.29, 1.82) is 0 Å². The fourth-order valence-corrected chi connectivity index (χ4v) is 1.94. The molecule has 1 rings (SSSR count). The highest BCUT2D eigenvalue weighted by molar-refractivity contribution is 7.98. The van der Waals surface area contributed by atoms with Gasteiger partial charge in [-0.1, -0.05) is 6.07 Å². The zero-order valence-corrected chi connectivity index (χ0v) is 8.63. The molecule has 4 nitrogen and oxygen atoms in total. The topological polar surface area (TPSA) is 60.2 Å². The Balaban J connectivity index is 3.39. The average molecular weight is 211 g/mol. The smallest absolute Gasteiger partial charge is 0.283 e. The summed E-state index contributed by atoms with van der Waals surface area (Å²) < 4.78 is 0. The predicted octanol–water partition coefficient (Wildman–Crippen LogP) is 2.52. The first-order valence-electron chi connectivity index (χ1n) is 3.90. The summed E-state index contributed by atoms with van der Waals surface area (Å²) in [6.45, 7) is 1.40. The van der Waals surface area contributed by atoms with Gasteiger partial charge in [0.2, 0.25) is 0 Å². The summed E-state index contributed by atoms with van der Waals surface area (Å²) in [4.78, 5) is 21.8. The molecule has 0 saturated carbocycles. The van der Waals surface area contributed by atoms with Crippen LogP contribution >= 0.6 is 11.8 Å². The minimum absolute atomic E-state index is 0.00907. The molecule has 0 radical (unpaired) electrons. The molecule has 0 atom stereocenters. The van der Waals surface area contributed by atoms with E-state index in [9.17, 15) is 14.9 Å². The van der Waals surface area contributed by atoms with Gasteiger partial charge in [0.15, 0.2) is 5.78 Å². The van der Waals surface area contributed by atoms with Crippen LogP contribution in [0.3, 0.4) is 0 Å². The van der Waals surface area contributed by atoms with Gasteiger partial charge in [0.25, 0.3) is 5.69 Å². The van der Waals surface area contributed by atoms with Gasteiger partial charge in [-0.3, -0.25) is 14.9 Å². The van der Waals surface area contributed by atoms with Gasteiger partial charge in [-0.15, -0.1) is 11.8 Å². The second-order valence-corrected chi connectivity index (χ2v) is 3.49. The molecule has 0 spiro atoms. The van der Waals surface area contributed by atoms with Crippen molar-refractivity contribution < 1.29 is 9.72 Å². The molecule has 1 aromatic rings. The number of hydrogen-bond acceptors (Lipinski definition) is 4. The van der Waals surface area contributed by atoms with Crippen molar-refractivity contribution >= 4 is 23.2 Å². The minimum Gasteiger partial charge on any atom is -0.294 e. The van der Waals surface area contributed by atoms with E-state index >= 15 is 0 Å². The van der Waals surface area contributed by atoms with Gasteiger partial charge in [-0.2, -0.15) is 0 Å². The quantitative estimate of drug-likeness (QED) is 0.333. The van der Waals surface area contributed by atoms with Crippen molar-refractivity contribution in [3.63, 3.8) is 0 Å². The van der Waals surface area contributed by atoms with Gasteiger partial charge < -0.3 is 0 Å². The van der Waals surface area contributed by atoms with E-state index < -0.39 is 4.92 Å². The van der Waals surface area contributed by atoms with Crippen molar-refractivity contribution in [3.8, 4) is 0 Å². The first kappa shape index (κ1) is 10.7. The number of rotatable bonds is 3. The zero-order chi connectivity index (χ0) is 10.7. The molecule has 0 saturated heterocycles. The first-order chi connectivity index (χ1) is 6.57. The Morgan fingerprint density at radius 1 is 1.50 bits per heavy atom. The van der Waals surface area contributed by atoms with Crippen LogP contribution in [0.4, 0.5) is 5.69 Å². The van der Waals surface area contributed by atoms with Crippen LogP contribution in [0.15, 0.2) is 23.1 Å². The third kappa shape index (κ3) is 1.93. The molecule has 0 heterocycles. The summed E-state index contributed by atoms with van der Waals surface area (Å²) >= 11 is 1.22. The monoisotopic (exact) mass is 211 g/mol. The Morgan fingerprint density at radius 2 is 2.14 bits per heavy atom. The largest absolute Gasteiger partial charge is 0.294 e. The van der Waals surface area contributed by atoms with Crippen LogP contribution in [0.5, 0.6) is 0 Å². The summed E-state index contributed by atoms with van der Waals surface area (Å²) in [5.41, 5.74) is 0.400. The Labute approximate surface area is 85.5 Å². The molecule has 0 bridgehead atoms. The second kappa shape index (κ2) is 4.23. The zero-order valence-electron chi connectivity index (χ0n) is 7.81. The summed E-state index contributed by atoms with van der Waals surface area (Å²) in [7, 11) is 0. The Morgan fingerprint density at radius 3 is 2.57 bits per heavy atom. The summed E-state index contributed by atoms with van der Waals surface area (Å²) in [5.74, 6) is -0.155. The van der Waals surface area contributed by atoms with Crippen molar-refractivity contribution in [2.75, 3.05) is 6.26 Å². The van der Waals surface area contributed by atoms with Crippen LogP contribution < -0.4 is 0 Å². The van der Waals surface area contributed by atoms with Crippen LogP contribution in [-0.4, -0.2) is 17.0 Å². The molecule has 14 heavy (non-hydrogen) atoms. The summed E-state index contributed by atoms with van der Waals surface area (Å²) in [6, 6.07) is 4.52. The van der Waals surface area contributed by atoms with Gasteiger partial charge in [0.1, 0.15) is 0 Å². The highest BCUT2D eigenvalue weighted by Gasteiger charge is 2.18. The molecule has 0 aliphatic heterocycles. The van der Waals surface area contributed by atoms with E-state index in [1.165, 1.54) is 30.8 Å². The SMILES string of the molecule is CSc1c(C(C)=O)cccc1[N+](=O)[O-]. The average Bonchev–Trinajstić information content (AvgIpc) is 2.16. The molecule has 0 aliphatic carbocycles. The number of Topliss-reactive ketones (excluding diaryl/α,β-unsaturated/α-hetero) is 1. The number of hydrogen-bond donors (Lipinski definition) is 0. The first-order valence-corrected chi connectivity index (χ1v) is 5.12. The van der Waals surface area contributed by atoms with Gasteiger partial charge in [-0.25, -0.2) is 0 Å². The number of carbonyl (C=O) groups excluding carboxylic acids is 1. The van der Waals surface area contributed by atoms with Crippen molar-refractivity contribution in [2.45, 2.75) is 11.8 Å². The Kier molecular flexibility index (Phi) is 3.24. The third-order valence-electron chi connectivity index (χ3n) is 1.77. The predicted molar refractivity (Wildman–Crippen MR) is 54.9 cm³/mol. The number of ketones is 1. The number of carbonyl (C=O) groups is 1. The van der Waals surface area contributed by atoms with E-state index in [2.05, 4.69) is 0 Å². The number of nitrogens with zero attached hydrogens (tertiary/aromatic N) is 1. The van der Waals surface area contributed by atoms with E-state index in [0.29, 0.717) is 10.5 Å². The molecule has 0 amide bonds. The number of benzene rings is 1. The van der Waals surface area contributed by atoms with E-state index in [1.54, 1.807) is 12.3 Å². The fraction of sp³-hybridized carbons (Fsp3) is 0.222. The summed E-state index contributed by atoms with van der Waals surface area (Å²) in [5, 5.41) is 10.6. The fourth-order valence-electron chi connectivity index (χ4n) is 1.16. The lowest BCUT2D eigenvalue weighted by atomic mass is 10.1. The van der Waals surface area contributed by atoms with E-state index in [-0.39, 0.29) is 11.5 Å². The van der Waals surface area contributed by atoms with Crippen LogP contribution in [0, 0.1) is 10.1 Å². The van der Waals surface area contributed by atoms with Crippen molar-refractivity contribution in [2.24, 2.45) is 0 Å². The standard InChI is InChI=1S/C9H9NO3S/c1-6(11)7-4-3-5-8(10(12)13)9(7)14-2/h3-5H,1-2H3. The van der Waals surface area contributed by atoms with E-state index in [1.807, 2.05) is 0 Å². The lowest BCUT2D eigenvalue weighted by Gasteiger charge is -2.03. The lowest BCUT2D eigenvalue weighted by Crippen LogP contribution is -1.99. The second-order valence-electron chi connectivity index (χ2n) is 2.67.